The summed E-state index contributed by atoms with van der Waals surface area (Å²) in [5, 5.41) is 21.3. The summed E-state index contributed by atoms with van der Waals surface area (Å²) in [5.74, 6) is -0.392. The lowest BCUT2D eigenvalue weighted by Gasteiger charge is -2.27. The first kappa shape index (κ1) is 31.3. The number of carbonyl (C=O) groups is 1. The third-order valence-corrected chi connectivity index (χ3v) is 6.65. The molecule has 2 unspecified atom stereocenters. The second kappa shape index (κ2) is 15.5. The van der Waals surface area contributed by atoms with Crippen LogP contribution in [0.2, 0.25) is 0 Å². The molecule has 6 nitrogen and oxygen atoms in total. The summed E-state index contributed by atoms with van der Waals surface area (Å²) in [6.45, 7) is 1.97. The molecule has 0 aliphatic heterocycles. The second-order valence-electron chi connectivity index (χ2n) is 11.0. The molecule has 0 spiro atoms. The van der Waals surface area contributed by atoms with E-state index in [0.717, 1.165) is 22.3 Å². The molecule has 0 fully saturated rings. The Balaban J connectivity index is 0.00000108. The molecule has 1 amide bonds. The molecule has 41 heavy (non-hydrogen) atoms. The highest BCUT2D eigenvalue weighted by Gasteiger charge is 2.24. The molecule has 0 aliphatic carbocycles. The fourth-order valence-electron chi connectivity index (χ4n) is 4.60. The highest BCUT2D eigenvalue weighted by Crippen LogP contribution is 2.22. The average Bonchev–Trinajstić information content (AvgIpc) is 2.96. The van der Waals surface area contributed by atoms with Crippen LogP contribution in [0.15, 0.2) is 103 Å². The zero-order chi connectivity index (χ0) is 29.8. The van der Waals surface area contributed by atoms with Gasteiger partial charge in [-0.2, -0.15) is 0 Å². The Labute approximate surface area is 244 Å². The van der Waals surface area contributed by atoms with Gasteiger partial charge < -0.3 is 21.1 Å². The van der Waals surface area contributed by atoms with Gasteiger partial charge in [0.05, 0.1) is 21.1 Å². The fraction of sp³-hybridized carbons (Fsp3) is 0.257. The van der Waals surface area contributed by atoms with Crippen LogP contribution in [0.3, 0.4) is 0 Å². The van der Waals surface area contributed by atoms with Crippen molar-refractivity contribution in [3.63, 3.8) is 0 Å². The zero-order valence-electron chi connectivity index (χ0n) is 24.5. The first-order valence-corrected chi connectivity index (χ1v) is 14.0. The molecule has 0 heterocycles. The van der Waals surface area contributed by atoms with Crippen molar-refractivity contribution in [1.82, 2.24) is 5.32 Å². The molecule has 4 rings (SSSR count). The minimum Gasteiger partial charge on any atom is -0.396 e. The molecule has 0 saturated carbocycles. The van der Waals surface area contributed by atoms with Crippen molar-refractivity contribution >= 4 is 11.7 Å². The summed E-state index contributed by atoms with van der Waals surface area (Å²) in [4.78, 5) is 14.7. The summed E-state index contributed by atoms with van der Waals surface area (Å²) in [6, 6.07) is 33.1. The van der Waals surface area contributed by atoms with E-state index >= 15 is 0 Å². The molecule has 6 heteroatoms. The zero-order valence-corrected chi connectivity index (χ0v) is 24.5. The van der Waals surface area contributed by atoms with Crippen molar-refractivity contribution in [3.05, 3.63) is 131 Å². The third kappa shape index (κ3) is 10.0. The Morgan fingerprint density at radius 3 is 2.05 bits per heavy atom. The number of nitrogens with one attached hydrogen (secondary N) is 3. The molecule has 4 aromatic rings. The maximum atomic E-state index is 13.3. The van der Waals surface area contributed by atoms with Gasteiger partial charge in [0.15, 0.2) is 0 Å². The third-order valence-electron chi connectivity index (χ3n) is 6.65. The summed E-state index contributed by atoms with van der Waals surface area (Å²) < 4.78 is 0. The van der Waals surface area contributed by atoms with E-state index in [2.05, 4.69) is 51.6 Å². The standard InChI is InChI=1S/C32H33N3O2.C3H9N/c1-22-7-5-11-27(17-22)25-13-15-26(16-14-25)32(37)35-30(20-23-8-3-2-4-9-23)29(21-36)19-24-10-6-12-28(18-24)31(33)34;1-4(2)3/h2-18,29-30,36H,19-21H2,1H3,(H3,33,34)(H,35,37);1-3H3/p+1. The van der Waals surface area contributed by atoms with E-state index in [1.165, 1.54) is 10.5 Å². The Morgan fingerprint density at radius 1 is 0.805 bits per heavy atom. The Kier molecular flexibility index (Phi) is 11.8. The van der Waals surface area contributed by atoms with Gasteiger partial charge in [-0.05, 0) is 60.2 Å². The molecule has 0 bridgehead atoms. The predicted molar refractivity (Wildman–Crippen MR) is 168 cm³/mol. The molecule has 0 aromatic heterocycles. The van der Waals surface area contributed by atoms with Gasteiger partial charge in [-0.1, -0.05) is 90.5 Å². The molecule has 214 valence electrons. The minimum absolute atomic E-state index is 0.00523. The van der Waals surface area contributed by atoms with Crippen LogP contribution in [-0.4, -0.2) is 50.6 Å². The summed E-state index contributed by atoms with van der Waals surface area (Å²) >= 11 is 0. The lowest BCUT2D eigenvalue weighted by atomic mass is 9.88. The normalized spacial score (nSPS) is 12.1. The molecular weight excluding hydrogens is 508 g/mol. The van der Waals surface area contributed by atoms with Crippen LogP contribution in [-0.2, 0) is 12.8 Å². The number of aryl methyl sites for hydroxylation is 1. The van der Waals surface area contributed by atoms with Gasteiger partial charge in [-0.25, -0.2) is 0 Å². The quantitative estimate of drug-likeness (QED) is 0.153. The van der Waals surface area contributed by atoms with E-state index in [0.29, 0.717) is 24.0 Å². The lowest BCUT2D eigenvalue weighted by Crippen LogP contribution is -3.02. The van der Waals surface area contributed by atoms with Crippen LogP contribution in [0.1, 0.15) is 32.6 Å². The molecule has 0 radical (unpaired) electrons. The van der Waals surface area contributed by atoms with Gasteiger partial charge in [0.25, 0.3) is 5.91 Å². The van der Waals surface area contributed by atoms with E-state index < -0.39 is 0 Å². The molecule has 2 atom stereocenters. The van der Waals surface area contributed by atoms with Gasteiger partial charge in [-0.3, -0.25) is 10.2 Å². The highest BCUT2D eigenvalue weighted by molar-refractivity contribution is 5.95. The van der Waals surface area contributed by atoms with E-state index in [9.17, 15) is 9.90 Å². The van der Waals surface area contributed by atoms with Crippen LogP contribution in [0.5, 0.6) is 0 Å². The number of rotatable bonds is 10. The molecule has 6 N–H and O–H groups in total. The van der Waals surface area contributed by atoms with E-state index in [4.69, 9.17) is 11.1 Å². The molecule has 0 saturated heterocycles. The van der Waals surface area contributed by atoms with Crippen molar-refractivity contribution in [3.8, 4) is 11.1 Å². The van der Waals surface area contributed by atoms with E-state index in [-0.39, 0.29) is 30.3 Å². The van der Waals surface area contributed by atoms with Crippen molar-refractivity contribution in [2.24, 2.45) is 11.7 Å². The topological polar surface area (TPSA) is 104 Å². The largest absolute Gasteiger partial charge is 0.396 e. The van der Waals surface area contributed by atoms with Gasteiger partial charge in [0, 0.05) is 29.7 Å². The Morgan fingerprint density at radius 2 is 1.44 bits per heavy atom. The predicted octanol–water partition coefficient (Wildman–Crippen LogP) is 3.90. The highest BCUT2D eigenvalue weighted by atomic mass is 16.3. The first-order valence-electron chi connectivity index (χ1n) is 14.0. The summed E-state index contributed by atoms with van der Waals surface area (Å²) in [7, 11) is 6.25. The minimum atomic E-state index is -0.294. The number of benzene rings is 4. The van der Waals surface area contributed by atoms with Crippen molar-refractivity contribution in [2.45, 2.75) is 25.8 Å². The van der Waals surface area contributed by atoms with Crippen LogP contribution < -0.4 is 16.0 Å². The van der Waals surface area contributed by atoms with Gasteiger partial charge in [-0.15, -0.1) is 0 Å². The molecule has 0 aliphatic rings. The van der Waals surface area contributed by atoms with Gasteiger partial charge in [0.1, 0.15) is 5.84 Å². The number of hydrogen-bond donors (Lipinski definition) is 5. The number of amides is 1. The van der Waals surface area contributed by atoms with Crippen LogP contribution in [0.4, 0.5) is 0 Å². The SMILES string of the molecule is C[NH+](C)C.Cc1cccc(-c2ccc(C(=O)NC(Cc3ccccc3)C(CO)Cc3cccc(C(=N)N)c3)cc2)c1. The fourth-order valence-corrected chi connectivity index (χ4v) is 4.60. The number of amidine groups is 1. The number of aliphatic hydroxyl groups excluding tert-OH is 1. The second-order valence-corrected chi connectivity index (χ2v) is 11.0. The van der Waals surface area contributed by atoms with E-state index in [1.54, 1.807) is 6.07 Å². The number of aliphatic hydroxyl groups is 1. The van der Waals surface area contributed by atoms with Crippen LogP contribution >= 0.6 is 0 Å². The van der Waals surface area contributed by atoms with Gasteiger partial charge in [0.2, 0.25) is 0 Å². The van der Waals surface area contributed by atoms with Crippen molar-refractivity contribution in [2.75, 3.05) is 27.7 Å². The number of nitrogen functional groups attached to an aromatic ring is 1. The number of hydrogen-bond acceptors (Lipinski definition) is 3. The van der Waals surface area contributed by atoms with Crippen molar-refractivity contribution in [1.29, 1.82) is 5.41 Å². The monoisotopic (exact) mass is 551 g/mol. The van der Waals surface area contributed by atoms with Crippen molar-refractivity contribution < 1.29 is 14.8 Å². The number of nitrogens with two attached hydrogens (primary N) is 1. The molecular formula is C35H43N4O2+. The van der Waals surface area contributed by atoms with Gasteiger partial charge >= 0.3 is 0 Å². The summed E-state index contributed by atoms with van der Waals surface area (Å²) in [5.41, 5.74) is 12.3. The lowest BCUT2D eigenvalue weighted by molar-refractivity contribution is -0.836. The van der Waals surface area contributed by atoms with Crippen LogP contribution in [0, 0.1) is 18.3 Å². The number of carbonyl (C=O) groups excluding carboxylic acids is 1. The van der Waals surface area contributed by atoms with E-state index in [1.807, 2.05) is 78.9 Å². The maximum absolute atomic E-state index is 13.3. The Hall–Kier alpha value is -4.26. The summed E-state index contributed by atoms with van der Waals surface area (Å²) in [6.07, 6.45) is 1.13. The smallest absolute Gasteiger partial charge is 0.251 e. The first-order chi connectivity index (χ1) is 19.7. The Bertz CT molecular complexity index is 1400. The maximum Gasteiger partial charge on any atom is 0.251 e. The molecule has 4 aromatic carbocycles. The average molecular weight is 552 g/mol. The number of quaternary nitrogens is 1. The van der Waals surface area contributed by atoms with Crippen LogP contribution in [0.25, 0.3) is 11.1 Å².